The number of nitrogens with zero attached hydrogens (tertiary/aromatic N) is 2. The molecule has 3 rings (SSSR count). The van der Waals surface area contributed by atoms with Crippen LogP contribution in [0.1, 0.15) is 40.4 Å². The lowest BCUT2D eigenvalue weighted by Crippen LogP contribution is -2.40. The highest BCUT2D eigenvalue weighted by molar-refractivity contribution is 7.10. The Labute approximate surface area is 164 Å². The first-order chi connectivity index (χ1) is 12.9. The normalized spacial score (nSPS) is 13.4. The van der Waals surface area contributed by atoms with Gasteiger partial charge in [0.2, 0.25) is 5.91 Å². The maximum Gasteiger partial charge on any atom is 0.241 e. The Morgan fingerprint density at radius 2 is 1.85 bits per heavy atom. The van der Waals surface area contributed by atoms with E-state index >= 15 is 0 Å². The predicted molar refractivity (Wildman–Crippen MR) is 111 cm³/mol. The van der Waals surface area contributed by atoms with Gasteiger partial charge in [-0.25, -0.2) is 0 Å². The largest absolute Gasteiger partial charge is 0.322 e. The lowest BCUT2D eigenvalue weighted by atomic mass is 10.0. The van der Waals surface area contributed by atoms with E-state index in [0.29, 0.717) is 0 Å². The van der Waals surface area contributed by atoms with Gasteiger partial charge in [-0.3, -0.25) is 14.8 Å². The molecule has 0 saturated heterocycles. The quantitative estimate of drug-likeness (QED) is 0.674. The van der Waals surface area contributed by atoms with E-state index in [1.807, 2.05) is 33.9 Å². The number of aryl methyl sites for hydroxylation is 3. The van der Waals surface area contributed by atoms with E-state index in [1.54, 1.807) is 16.0 Å². The number of hydrogen-bond donors (Lipinski definition) is 2. The zero-order chi connectivity index (χ0) is 19.6. The minimum Gasteiger partial charge on any atom is -0.322 e. The molecule has 1 amide bonds. The lowest BCUT2D eigenvalue weighted by Gasteiger charge is -2.23. The van der Waals surface area contributed by atoms with Gasteiger partial charge >= 0.3 is 0 Å². The average molecular weight is 383 g/mol. The number of nitrogens with one attached hydrogen (secondary N) is 2. The monoisotopic (exact) mass is 382 g/mol. The zero-order valence-electron chi connectivity index (χ0n) is 16.4. The van der Waals surface area contributed by atoms with Gasteiger partial charge in [0.25, 0.3) is 0 Å². The van der Waals surface area contributed by atoms with Crippen molar-refractivity contribution in [3.63, 3.8) is 0 Å². The molecule has 5 nitrogen and oxygen atoms in total. The fourth-order valence-corrected chi connectivity index (χ4v) is 3.88. The zero-order valence-corrected chi connectivity index (χ0v) is 17.2. The van der Waals surface area contributed by atoms with Gasteiger partial charge in [-0.05, 0) is 44.7 Å². The van der Waals surface area contributed by atoms with Crippen LogP contribution in [0.5, 0.6) is 0 Å². The molecule has 0 aliphatic heterocycles. The van der Waals surface area contributed by atoms with Crippen molar-refractivity contribution in [2.45, 2.75) is 39.8 Å². The molecule has 0 fully saturated rings. The highest BCUT2D eigenvalue weighted by Gasteiger charge is 2.23. The molecular formula is C21H26N4OS. The number of benzene rings is 1. The summed E-state index contributed by atoms with van der Waals surface area (Å²) in [6, 6.07) is 12.2. The van der Waals surface area contributed by atoms with Crippen LogP contribution in [-0.2, 0) is 11.8 Å². The Morgan fingerprint density at radius 3 is 2.41 bits per heavy atom. The van der Waals surface area contributed by atoms with Crippen molar-refractivity contribution in [1.82, 2.24) is 15.1 Å². The summed E-state index contributed by atoms with van der Waals surface area (Å²) in [6.45, 7) is 7.83. The number of aromatic nitrogens is 2. The van der Waals surface area contributed by atoms with E-state index in [4.69, 9.17) is 0 Å². The van der Waals surface area contributed by atoms with Crippen molar-refractivity contribution in [3.05, 3.63) is 69.2 Å². The summed E-state index contributed by atoms with van der Waals surface area (Å²) in [5.74, 6) is -0.0668. The third-order valence-corrected chi connectivity index (χ3v) is 5.74. The molecule has 2 aromatic heterocycles. The van der Waals surface area contributed by atoms with Gasteiger partial charge in [0.1, 0.15) is 0 Å². The van der Waals surface area contributed by atoms with Crippen LogP contribution in [0, 0.1) is 20.8 Å². The second-order valence-corrected chi connectivity index (χ2v) is 7.89. The van der Waals surface area contributed by atoms with E-state index < -0.39 is 0 Å². The van der Waals surface area contributed by atoms with Crippen LogP contribution in [0.2, 0.25) is 0 Å². The lowest BCUT2D eigenvalue weighted by molar-refractivity contribution is -0.117. The molecule has 2 N–H and O–H groups in total. The van der Waals surface area contributed by atoms with Crippen molar-refractivity contribution in [2.24, 2.45) is 7.05 Å². The van der Waals surface area contributed by atoms with Crippen LogP contribution in [0.25, 0.3) is 0 Å². The smallest absolute Gasteiger partial charge is 0.241 e. The molecule has 0 saturated carbocycles. The first-order valence-corrected chi connectivity index (χ1v) is 9.92. The third-order valence-electron chi connectivity index (χ3n) is 4.81. The molecular weight excluding hydrogens is 356 g/mol. The van der Waals surface area contributed by atoms with Crippen molar-refractivity contribution in [1.29, 1.82) is 0 Å². The second kappa shape index (κ2) is 8.06. The van der Waals surface area contributed by atoms with E-state index in [9.17, 15) is 4.79 Å². The van der Waals surface area contributed by atoms with Crippen molar-refractivity contribution in [3.8, 4) is 0 Å². The SMILES string of the molecule is Cc1ccc([C@H](N[C@H](C)C(=O)Nc2c(C)nn(C)c2C)c2cccs2)cc1. The van der Waals surface area contributed by atoms with Crippen molar-refractivity contribution >= 4 is 22.9 Å². The average Bonchev–Trinajstić information content (AvgIpc) is 3.25. The van der Waals surface area contributed by atoms with Gasteiger partial charge in [-0.15, -0.1) is 11.3 Å². The number of carbonyl (C=O) groups excluding carboxylic acids is 1. The molecule has 0 aliphatic rings. The first kappa shape index (κ1) is 19.3. The Balaban J connectivity index is 1.79. The highest BCUT2D eigenvalue weighted by Crippen LogP contribution is 2.27. The number of amides is 1. The number of thiophene rings is 1. The Kier molecular flexibility index (Phi) is 5.77. The van der Waals surface area contributed by atoms with Crippen LogP contribution in [0.15, 0.2) is 41.8 Å². The third kappa shape index (κ3) is 4.28. The number of anilines is 1. The number of rotatable bonds is 6. The molecule has 27 heavy (non-hydrogen) atoms. The van der Waals surface area contributed by atoms with Crippen LogP contribution < -0.4 is 10.6 Å². The van der Waals surface area contributed by atoms with Crippen LogP contribution in [0.4, 0.5) is 5.69 Å². The van der Waals surface area contributed by atoms with E-state index in [1.165, 1.54) is 10.4 Å². The maximum atomic E-state index is 12.8. The first-order valence-electron chi connectivity index (χ1n) is 9.04. The highest BCUT2D eigenvalue weighted by atomic mass is 32.1. The van der Waals surface area contributed by atoms with Crippen molar-refractivity contribution in [2.75, 3.05) is 5.32 Å². The van der Waals surface area contributed by atoms with Gasteiger partial charge in [-0.2, -0.15) is 5.10 Å². The van der Waals surface area contributed by atoms with Crippen molar-refractivity contribution < 1.29 is 4.79 Å². The molecule has 0 unspecified atom stereocenters. The number of carbonyl (C=O) groups is 1. The van der Waals surface area contributed by atoms with E-state index in [-0.39, 0.29) is 18.0 Å². The standard InChI is InChI=1S/C21H26N4OS/c1-13-8-10-17(11-9-13)20(18-7-6-12-27-18)22-15(3)21(26)23-19-14(2)24-25(5)16(19)4/h6-12,15,20,22H,1-5H3,(H,23,26)/t15-,20+/m1/s1. The van der Waals surface area contributed by atoms with E-state index in [0.717, 1.165) is 22.6 Å². The van der Waals surface area contributed by atoms with Gasteiger partial charge in [0.15, 0.2) is 0 Å². The van der Waals surface area contributed by atoms with Crippen LogP contribution in [-0.4, -0.2) is 21.7 Å². The summed E-state index contributed by atoms with van der Waals surface area (Å²) in [4.78, 5) is 14.0. The summed E-state index contributed by atoms with van der Waals surface area (Å²) in [6.07, 6.45) is 0. The summed E-state index contributed by atoms with van der Waals surface area (Å²) in [5.41, 5.74) is 4.93. The Bertz CT molecular complexity index is 913. The van der Waals surface area contributed by atoms with Gasteiger partial charge in [0, 0.05) is 11.9 Å². The second-order valence-electron chi connectivity index (χ2n) is 6.91. The van der Waals surface area contributed by atoms with Gasteiger partial charge in [0.05, 0.1) is 29.2 Å². The molecule has 3 aromatic rings. The summed E-state index contributed by atoms with van der Waals surface area (Å²) in [5, 5.41) is 12.9. The molecule has 0 aliphatic carbocycles. The molecule has 0 bridgehead atoms. The molecule has 0 radical (unpaired) electrons. The number of hydrogen-bond acceptors (Lipinski definition) is 4. The molecule has 6 heteroatoms. The van der Waals surface area contributed by atoms with Crippen LogP contribution >= 0.6 is 11.3 Å². The van der Waals surface area contributed by atoms with E-state index in [2.05, 4.69) is 58.4 Å². The molecule has 2 atom stereocenters. The molecule has 2 heterocycles. The summed E-state index contributed by atoms with van der Waals surface area (Å²) < 4.78 is 1.78. The molecule has 0 spiro atoms. The minimum absolute atomic E-state index is 0.0255. The maximum absolute atomic E-state index is 12.8. The topological polar surface area (TPSA) is 59.0 Å². The Morgan fingerprint density at radius 1 is 1.15 bits per heavy atom. The minimum atomic E-state index is -0.364. The van der Waals surface area contributed by atoms with Crippen LogP contribution in [0.3, 0.4) is 0 Å². The molecule has 1 aromatic carbocycles. The summed E-state index contributed by atoms with van der Waals surface area (Å²) in [7, 11) is 1.88. The fourth-order valence-electron chi connectivity index (χ4n) is 3.07. The molecule has 142 valence electrons. The summed E-state index contributed by atoms with van der Waals surface area (Å²) >= 11 is 1.69. The fraction of sp³-hybridized carbons (Fsp3) is 0.333. The predicted octanol–water partition coefficient (Wildman–Crippen LogP) is 4.11. The Hall–Kier alpha value is -2.44. The van der Waals surface area contributed by atoms with Gasteiger partial charge in [-0.1, -0.05) is 35.9 Å². The van der Waals surface area contributed by atoms with Gasteiger partial charge < -0.3 is 5.32 Å².